The monoisotopic (exact) mass is 304 g/mol. The highest BCUT2D eigenvalue weighted by Crippen LogP contribution is 2.13. The van der Waals surface area contributed by atoms with E-state index in [1.54, 1.807) is 0 Å². The summed E-state index contributed by atoms with van der Waals surface area (Å²) in [5.41, 5.74) is 0. The van der Waals surface area contributed by atoms with Crippen LogP contribution in [0.4, 0.5) is 0 Å². The zero-order valence-electron chi connectivity index (χ0n) is 15.2. The molecule has 0 rings (SSSR count). The molecule has 128 valence electrons. The normalized spacial score (nSPS) is 11.7. The molecule has 0 atom stereocenters. The molecule has 0 amide bonds. The number of unbranched alkanes of at least 4 members (excludes halogenated alkanes) is 14. The van der Waals surface area contributed by atoms with Gasteiger partial charge in [-0.1, -0.05) is 127 Å². The first kappa shape index (κ1) is 21.2. The van der Waals surface area contributed by atoms with Gasteiger partial charge in [-0.2, -0.15) is 0 Å². The van der Waals surface area contributed by atoms with Crippen LogP contribution in [-0.2, 0) is 0 Å². The first-order valence-electron chi connectivity index (χ1n) is 9.86. The van der Waals surface area contributed by atoms with Gasteiger partial charge in [-0.25, -0.2) is 0 Å². The van der Waals surface area contributed by atoms with Gasteiger partial charge in [-0.3, -0.25) is 0 Å². The lowest BCUT2D eigenvalue weighted by Gasteiger charge is -2.02. The second-order valence-corrected chi connectivity index (χ2v) is 6.43. The fourth-order valence-electron chi connectivity index (χ4n) is 2.77. The molecule has 0 aliphatic carbocycles. The minimum Gasteiger partial charge on any atom is -0.0991 e. The lowest BCUT2D eigenvalue weighted by Crippen LogP contribution is -1.83. The molecule has 0 saturated heterocycles. The van der Waals surface area contributed by atoms with Gasteiger partial charge in [0.2, 0.25) is 0 Å². The molecule has 0 N–H and O–H groups in total. The molecule has 0 aliphatic heterocycles. The van der Waals surface area contributed by atoms with Crippen LogP contribution in [0.1, 0.15) is 103 Å². The second kappa shape index (κ2) is 20.2. The highest BCUT2D eigenvalue weighted by atomic mass is 14.0. The van der Waals surface area contributed by atoms with E-state index in [0.29, 0.717) is 0 Å². The summed E-state index contributed by atoms with van der Waals surface area (Å²) in [6.45, 7) is 5.94. The van der Waals surface area contributed by atoms with Gasteiger partial charge in [0, 0.05) is 0 Å². The van der Waals surface area contributed by atoms with Crippen molar-refractivity contribution >= 4 is 0 Å². The van der Waals surface area contributed by atoms with E-state index in [1.165, 1.54) is 96.3 Å². The Balaban J connectivity index is 3.04. The highest BCUT2D eigenvalue weighted by Gasteiger charge is 1.93. The Kier molecular flexibility index (Phi) is 19.5. The van der Waals surface area contributed by atoms with Crippen molar-refractivity contribution in [2.45, 2.75) is 103 Å². The van der Waals surface area contributed by atoms with Gasteiger partial charge in [-0.05, 0) is 12.8 Å². The van der Waals surface area contributed by atoms with E-state index < -0.39 is 0 Å². The fraction of sp³-hybridized carbons (Fsp3) is 0.727. The van der Waals surface area contributed by atoms with E-state index in [-0.39, 0.29) is 0 Å². The molecule has 0 spiro atoms. The molecule has 0 nitrogen and oxygen atoms in total. The Hall–Kier alpha value is -0.780. The quantitative estimate of drug-likeness (QED) is 0.188. The molecule has 0 aliphatic rings. The van der Waals surface area contributed by atoms with Crippen LogP contribution in [0.5, 0.6) is 0 Å². The molecule has 0 unspecified atom stereocenters. The summed E-state index contributed by atoms with van der Waals surface area (Å²) in [5.74, 6) is 0. The number of hydrogen-bond donors (Lipinski definition) is 0. The van der Waals surface area contributed by atoms with Crippen molar-refractivity contribution in [2.24, 2.45) is 0 Å². The van der Waals surface area contributed by atoms with E-state index >= 15 is 0 Å². The first-order chi connectivity index (χ1) is 10.9. The predicted molar refractivity (Wildman–Crippen MR) is 103 cm³/mol. The van der Waals surface area contributed by atoms with Crippen LogP contribution in [-0.4, -0.2) is 0 Å². The van der Waals surface area contributed by atoms with Crippen molar-refractivity contribution in [3.05, 3.63) is 37.0 Å². The average Bonchev–Trinajstić information content (AvgIpc) is 2.54. The molecule has 0 aromatic rings. The van der Waals surface area contributed by atoms with Gasteiger partial charge in [0.1, 0.15) is 0 Å². The number of hydrogen-bond acceptors (Lipinski definition) is 0. The topological polar surface area (TPSA) is 0 Å². The van der Waals surface area contributed by atoms with Crippen molar-refractivity contribution in [2.75, 3.05) is 0 Å². The zero-order chi connectivity index (χ0) is 16.1. The molecule has 0 heteroatoms. The van der Waals surface area contributed by atoms with Gasteiger partial charge < -0.3 is 0 Å². The minimum absolute atomic E-state index is 1.22. The number of rotatable bonds is 17. The van der Waals surface area contributed by atoms with Crippen LogP contribution in [0.2, 0.25) is 0 Å². The van der Waals surface area contributed by atoms with Crippen molar-refractivity contribution in [3.8, 4) is 0 Å². The molecule has 0 radical (unpaired) electrons. The Morgan fingerprint density at radius 2 is 1.00 bits per heavy atom. The van der Waals surface area contributed by atoms with E-state index in [0.717, 1.165) is 0 Å². The summed E-state index contributed by atoms with van der Waals surface area (Å²) < 4.78 is 0. The van der Waals surface area contributed by atoms with Crippen molar-refractivity contribution in [3.63, 3.8) is 0 Å². The molecule has 0 heterocycles. The van der Waals surface area contributed by atoms with Gasteiger partial charge in [-0.15, -0.1) is 0 Å². The predicted octanol–water partition coefficient (Wildman–Crippen LogP) is 8.16. The smallest absolute Gasteiger partial charge is 0.0348 e. The first-order valence-corrected chi connectivity index (χ1v) is 9.86. The molecule has 0 fully saturated rings. The van der Waals surface area contributed by atoms with Gasteiger partial charge in [0.05, 0.1) is 0 Å². The molecule has 0 saturated carbocycles. The van der Waals surface area contributed by atoms with Crippen molar-refractivity contribution in [1.82, 2.24) is 0 Å². The summed E-state index contributed by atoms with van der Waals surface area (Å²) in [4.78, 5) is 0. The summed E-state index contributed by atoms with van der Waals surface area (Å²) in [6, 6.07) is 0. The van der Waals surface area contributed by atoms with Crippen molar-refractivity contribution < 1.29 is 0 Å². The van der Waals surface area contributed by atoms with E-state index in [9.17, 15) is 0 Å². The molecule has 0 bridgehead atoms. The van der Waals surface area contributed by atoms with Crippen LogP contribution in [0.3, 0.4) is 0 Å². The van der Waals surface area contributed by atoms with E-state index in [1.807, 2.05) is 12.2 Å². The molecular formula is C22H40. The molecular weight excluding hydrogens is 264 g/mol. The molecule has 0 aromatic heterocycles. The lowest BCUT2D eigenvalue weighted by atomic mass is 10.0. The Labute approximate surface area is 140 Å². The third-order valence-corrected chi connectivity index (χ3v) is 4.22. The maximum absolute atomic E-state index is 3.65. The van der Waals surface area contributed by atoms with Crippen LogP contribution in [0.15, 0.2) is 37.0 Å². The maximum atomic E-state index is 3.65. The largest absolute Gasteiger partial charge is 0.0991 e. The summed E-state index contributed by atoms with van der Waals surface area (Å²) in [6.07, 6.45) is 31.6. The third kappa shape index (κ3) is 19.2. The van der Waals surface area contributed by atoms with Gasteiger partial charge in [0.15, 0.2) is 0 Å². The Bertz CT molecular complexity index is 259. The minimum atomic E-state index is 1.22. The second-order valence-electron chi connectivity index (χ2n) is 6.43. The third-order valence-electron chi connectivity index (χ3n) is 4.22. The maximum Gasteiger partial charge on any atom is -0.0348 e. The van der Waals surface area contributed by atoms with Gasteiger partial charge >= 0.3 is 0 Å². The standard InChI is InChI=1S/C22H40/c1-3-5-7-9-11-13-15-17-19-21-22-20-18-16-14-12-10-8-6-4-2/h3,5,7,9,11H,1,4,6,8,10,12-22H2,2H3/b7-5+,11-9+. The van der Waals surface area contributed by atoms with Gasteiger partial charge in [0.25, 0.3) is 0 Å². The fourth-order valence-corrected chi connectivity index (χ4v) is 2.77. The molecule has 22 heavy (non-hydrogen) atoms. The van der Waals surface area contributed by atoms with E-state index in [4.69, 9.17) is 0 Å². The lowest BCUT2D eigenvalue weighted by molar-refractivity contribution is 0.536. The van der Waals surface area contributed by atoms with Crippen molar-refractivity contribution in [1.29, 1.82) is 0 Å². The Morgan fingerprint density at radius 1 is 0.545 bits per heavy atom. The highest BCUT2D eigenvalue weighted by molar-refractivity contribution is 5.08. The summed E-state index contributed by atoms with van der Waals surface area (Å²) in [7, 11) is 0. The number of allylic oxidation sites excluding steroid dienone is 5. The summed E-state index contributed by atoms with van der Waals surface area (Å²) in [5, 5.41) is 0. The van der Waals surface area contributed by atoms with E-state index in [2.05, 4.69) is 31.7 Å². The van der Waals surface area contributed by atoms with Crippen LogP contribution in [0, 0.1) is 0 Å². The molecule has 0 aromatic carbocycles. The van der Waals surface area contributed by atoms with Crippen LogP contribution < -0.4 is 0 Å². The average molecular weight is 305 g/mol. The van der Waals surface area contributed by atoms with Crippen LogP contribution >= 0.6 is 0 Å². The van der Waals surface area contributed by atoms with Crippen LogP contribution in [0.25, 0.3) is 0 Å². The summed E-state index contributed by atoms with van der Waals surface area (Å²) >= 11 is 0. The zero-order valence-corrected chi connectivity index (χ0v) is 15.2. The SMILES string of the molecule is C=C/C=C/C=C/CCCCCCCCCCCCCCCC. The Morgan fingerprint density at radius 3 is 1.45 bits per heavy atom.